The molecule has 1 rings (SSSR count). The zero-order valence-corrected chi connectivity index (χ0v) is 31.2. The van der Waals surface area contributed by atoms with Crippen molar-refractivity contribution in [1.29, 1.82) is 0 Å². The molecule has 46 heavy (non-hydrogen) atoms. The Bertz CT molecular complexity index is 710. The maximum atomic E-state index is 11.1. The molecule has 0 fully saturated rings. The van der Waals surface area contributed by atoms with E-state index in [-0.39, 0.29) is 0 Å². The summed E-state index contributed by atoms with van der Waals surface area (Å²) in [4.78, 5) is 2.56. The van der Waals surface area contributed by atoms with Crippen molar-refractivity contribution in [2.24, 2.45) is 5.92 Å². The largest absolute Gasteiger partial charge is 0.396 e. The highest BCUT2D eigenvalue weighted by atomic mass is 16.3. The molecule has 2 unspecified atom stereocenters. The van der Waals surface area contributed by atoms with E-state index < -0.39 is 6.10 Å². The fourth-order valence-corrected chi connectivity index (χ4v) is 7.16. The quantitative estimate of drug-likeness (QED) is 0.0715. The molecule has 0 heterocycles. The third-order valence-corrected chi connectivity index (χ3v) is 10.2. The number of rotatable bonds is 36. The Morgan fingerprint density at radius 3 is 1.30 bits per heavy atom. The number of unbranched alkanes of at least 4 members (excludes halogenated alkanes) is 24. The fraction of sp³-hybridized carbons (Fsp3) is 0.860. The van der Waals surface area contributed by atoms with E-state index in [0.717, 1.165) is 38.0 Å². The Hall–Kier alpha value is -0.900. The van der Waals surface area contributed by atoms with Crippen LogP contribution in [-0.4, -0.2) is 41.4 Å². The number of aliphatic hydroxyl groups excluding tert-OH is 2. The zero-order valence-electron chi connectivity index (χ0n) is 31.2. The summed E-state index contributed by atoms with van der Waals surface area (Å²) in [6.07, 6.45) is 39.0. The first kappa shape index (κ1) is 43.1. The topological polar surface area (TPSA) is 43.7 Å². The third-order valence-electron chi connectivity index (χ3n) is 10.2. The van der Waals surface area contributed by atoms with Gasteiger partial charge in [0.25, 0.3) is 0 Å². The van der Waals surface area contributed by atoms with Crippen molar-refractivity contribution in [2.45, 2.75) is 206 Å². The van der Waals surface area contributed by atoms with Crippen LogP contribution in [0.4, 0.5) is 0 Å². The summed E-state index contributed by atoms with van der Waals surface area (Å²) in [6.45, 7) is 7.74. The smallest absolute Gasteiger partial charge is 0.0916 e. The lowest BCUT2D eigenvalue weighted by Gasteiger charge is -2.30. The number of nitrogens with zero attached hydrogens (tertiary/aromatic N) is 1. The molecule has 0 saturated heterocycles. The van der Waals surface area contributed by atoms with Gasteiger partial charge in [-0.25, -0.2) is 0 Å². The summed E-state index contributed by atoms with van der Waals surface area (Å²) in [5.41, 5.74) is 1.03. The molecular weight excluding hydrogens is 562 g/mol. The minimum absolute atomic E-state index is 0.292. The van der Waals surface area contributed by atoms with Gasteiger partial charge in [-0.3, -0.25) is 0 Å². The van der Waals surface area contributed by atoms with Crippen LogP contribution in [0, 0.1) is 5.92 Å². The second-order valence-corrected chi connectivity index (χ2v) is 14.7. The van der Waals surface area contributed by atoms with Crippen LogP contribution >= 0.6 is 0 Å². The van der Waals surface area contributed by atoms with Crippen molar-refractivity contribution in [3.05, 3.63) is 35.9 Å². The lowest BCUT2D eigenvalue weighted by molar-refractivity contribution is 0.0972. The molecule has 0 aliphatic carbocycles. The Balaban J connectivity index is 2.35. The van der Waals surface area contributed by atoms with E-state index in [9.17, 15) is 10.2 Å². The third kappa shape index (κ3) is 27.1. The Labute approximate surface area is 288 Å². The summed E-state index contributed by atoms with van der Waals surface area (Å²) in [7, 11) is 0. The zero-order chi connectivity index (χ0) is 33.2. The molecule has 0 saturated carbocycles. The molecule has 0 aromatic heterocycles. The van der Waals surface area contributed by atoms with Crippen LogP contribution in [0.2, 0.25) is 0 Å². The average Bonchev–Trinajstić information content (AvgIpc) is 3.07. The summed E-state index contributed by atoms with van der Waals surface area (Å²) in [6, 6.07) is 10.2. The first-order valence-electron chi connectivity index (χ1n) is 20.8. The summed E-state index contributed by atoms with van der Waals surface area (Å²) < 4.78 is 0. The molecule has 3 nitrogen and oxygen atoms in total. The maximum absolute atomic E-state index is 11.1. The Morgan fingerprint density at radius 2 is 0.870 bits per heavy atom. The summed E-state index contributed by atoms with van der Waals surface area (Å²) in [5.74, 6) is 0.616. The Kier molecular flexibility index (Phi) is 31.9. The van der Waals surface area contributed by atoms with Crippen LogP contribution in [0.1, 0.15) is 212 Å². The van der Waals surface area contributed by atoms with Gasteiger partial charge in [-0.2, -0.15) is 0 Å². The first-order chi connectivity index (χ1) is 22.7. The normalized spacial score (nSPS) is 13.1. The van der Waals surface area contributed by atoms with E-state index in [1.54, 1.807) is 0 Å². The molecule has 0 radical (unpaired) electrons. The van der Waals surface area contributed by atoms with Gasteiger partial charge in [0.15, 0.2) is 0 Å². The lowest BCUT2D eigenvalue weighted by Crippen LogP contribution is -2.34. The maximum Gasteiger partial charge on any atom is 0.0916 e. The van der Waals surface area contributed by atoms with Crippen LogP contribution < -0.4 is 0 Å². The van der Waals surface area contributed by atoms with E-state index >= 15 is 0 Å². The molecule has 1 aromatic rings. The van der Waals surface area contributed by atoms with Gasteiger partial charge >= 0.3 is 0 Å². The molecule has 3 heteroatoms. The lowest BCUT2D eigenvalue weighted by atomic mass is 9.94. The van der Waals surface area contributed by atoms with Gasteiger partial charge in [0.1, 0.15) is 0 Å². The molecular formula is C43H81NO2. The van der Waals surface area contributed by atoms with Gasteiger partial charge < -0.3 is 15.1 Å². The van der Waals surface area contributed by atoms with Gasteiger partial charge in [0.2, 0.25) is 0 Å². The van der Waals surface area contributed by atoms with E-state index in [1.807, 2.05) is 18.2 Å². The molecule has 0 amide bonds. The molecule has 0 aliphatic rings. The summed E-state index contributed by atoms with van der Waals surface area (Å²) >= 11 is 0. The van der Waals surface area contributed by atoms with Gasteiger partial charge in [-0.1, -0.05) is 205 Å². The number of hydrogen-bond acceptors (Lipinski definition) is 3. The van der Waals surface area contributed by atoms with Crippen molar-refractivity contribution >= 4 is 0 Å². The molecule has 0 bridgehead atoms. The molecule has 0 spiro atoms. The van der Waals surface area contributed by atoms with Crippen molar-refractivity contribution in [3.8, 4) is 0 Å². The monoisotopic (exact) mass is 644 g/mol. The van der Waals surface area contributed by atoms with Crippen LogP contribution in [-0.2, 0) is 0 Å². The predicted molar refractivity (Wildman–Crippen MR) is 204 cm³/mol. The van der Waals surface area contributed by atoms with Crippen LogP contribution in [0.25, 0.3) is 0 Å². The van der Waals surface area contributed by atoms with Crippen molar-refractivity contribution in [1.82, 2.24) is 4.90 Å². The van der Waals surface area contributed by atoms with Crippen LogP contribution in [0.5, 0.6) is 0 Å². The van der Waals surface area contributed by atoms with Crippen molar-refractivity contribution < 1.29 is 10.2 Å². The highest BCUT2D eigenvalue weighted by molar-refractivity contribution is 5.17. The number of hydrogen-bond donors (Lipinski definition) is 2. The van der Waals surface area contributed by atoms with Gasteiger partial charge in [0, 0.05) is 19.7 Å². The molecule has 1 aromatic carbocycles. The first-order valence-corrected chi connectivity index (χ1v) is 20.8. The molecule has 0 aliphatic heterocycles. The van der Waals surface area contributed by atoms with E-state index in [1.165, 1.54) is 173 Å². The predicted octanol–water partition coefficient (Wildman–Crippen LogP) is 13.0. The van der Waals surface area contributed by atoms with Crippen molar-refractivity contribution in [3.63, 3.8) is 0 Å². The van der Waals surface area contributed by atoms with Crippen LogP contribution in [0.15, 0.2) is 30.3 Å². The minimum Gasteiger partial charge on any atom is -0.396 e. The van der Waals surface area contributed by atoms with Crippen molar-refractivity contribution in [2.75, 3.05) is 26.2 Å². The second-order valence-electron chi connectivity index (χ2n) is 14.7. The fourth-order valence-electron chi connectivity index (χ4n) is 7.16. The van der Waals surface area contributed by atoms with E-state index in [0.29, 0.717) is 12.5 Å². The molecule has 270 valence electrons. The SMILES string of the molecule is CCCCCCCCCCCCCCCCN(CC(CCCO)CCCCCCCCCCCCCC)CC(O)c1ccccc1. The minimum atomic E-state index is -0.432. The highest BCUT2D eigenvalue weighted by Crippen LogP contribution is 2.22. The average molecular weight is 644 g/mol. The van der Waals surface area contributed by atoms with Gasteiger partial charge in [-0.15, -0.1) is 0 Å². The van der Waals surface area contributed by atoms with Gasteiger partial charge in [-0.05, 0) is 43.7 Å². The number of benzene rings is 1. The van der Waals surface area contributed by atoms with Gasteiger partial charge in [0.05, 0.1) is 6.10 Å². The Morgan fingerprint density at radius 1 is 0.478 bits per heavy atom. The van der Waals surface area contributed by atoms with E-state index in [2.05, 4.69) is 30.9 Å². The molecule has 2 N–H and O–H groups in total. The molecule has 2 atom stereocenters. The second kappa shape index (κ2) is 34.0. The standard InChI is InChI=1S/C43H81NO2/c1-3-5-7-9-11-13-15-17-18-20-22-24-26-31-37-44(40-43(46)42-35-29-27-30-36-42)39-41(34-32-38-45)33-28-25-23-21-19-16-14-12-10-8-6-4-2/h27,29-30,35-36,41,43,45-46H,3-26,28,31-34,37-40H2,1-2H3. The highest BCUT2D eigenvalue weighted by Gasteiger charge is 2.18. The number of aliphatic hydroxyl groups is 2. The summed E-state index contributed by atoms with van der Waals surface area (Å²) in [5, 5.41) is 20.7. The van der Waals surface area contributed by atoms with E-state index in [4.69, 9.17) is 0 Å². The van der Waals surface area contributed by atoms with Crippen LogP contribution in [0.3, 0.4) is 0 Å².